The van der Waals surface area contributed by atoms with Crippen molar-refractivity contribution in [2.75, 3.05) is 38.2 Å². The zero-order valence-electron chi connectivity index (χ0n) is 18.7. The molecule has 0 saturated carbocycles. The van der Waals surface area contributed by atoms with Crippen molar-refractivity contribution >= 4 is 15.7 Å². The molecule has 1 saturated heterocycles. The number of fused-ring (bicyclic) bond motifs is 1. The summed E-state index contributed by atoms with van der Waals surface area (Å²) < 4.78 is 34.5. The normalized spacial score (nSPS) is 21.1. The average molecular weight is 464 g/mol. The fourth-order valence-corrected chi connectivity index (χ4v) is 6.31. The van der Waals surface area contributed by atoms with Gasteiger partial charge in [-0.3, -0.25) is 4.90 Å². The first-order chi connectivity index (χ1) is 16.0. The number of nitrogens with one attached hydrogen (secondary N) is 1. The average Bonchev–Trinajstić information content (AvgIpc) is 3.22. The Kier molecular flexibility index (Phi) is 6.10. The van der Waals surface area contributed by atoms with Crippen LogP contribution in [-0.4, -0.2) is 52.6 Å². The van der Waals surface area contributed by atoms with Crippen molar-refractivity contribution < 1.29 is 13.2 Å². The smallest absolute Gasteiger partial charge is 0.240 e. The Morgan fingerprint density at radius 2 is 1.52 bits per heavy atom. The van der Waals surface area contributed by atoms with E-state index in [0.717, 1.165) is 31.9 Å². The molecule has 6 nitrogen and oxygen atoms in total. The molecule has 2 atom stereocenters. The van der Waals surface area contributed by atoms with Gasteiger partial charge < -0.3 is 9.64 Å². The molecule has 0 amide bonds. The van der Waals surface area contributed by atoms with Crippen molar-refractivity contribution in [3.63, 3.8) is 0 Å². The first kappa shape index (κ1) is 21.9. The zero-order chi connectivity index (χ0) is 22.8. The van der Waals surface area contributed by atoms with Gasteiger partial charge in [0, 0.05) is 37.9 Å². The van der Waals surface area contributed by atoms with Gasteiger partial charge in [0.1, 0.15) is 5.75 Å². The summed E-state index contributed by atoms with van der Waals surface area (Å²) in [7, 11) is -1.92. The predicted octanol–water partition coefficient (Wildman–Crippen LogP) is 3.46. The molecule has 0 spiro atoms. The highest BCUT2D eigenvalue weighted by atomic mass is 32.2. The second-order valence-corrected chi connectivity index (χ2v) is 10.3. The summed E-state index contributed by atoms with van der Waals surface area (Å²) in [5.41, 5.74) is 3.64. The SMILES string of the molecule is COc1ccc(N2CCN([C@H]3c4ccccc4C[C@@H]3NS(=O)(=O)c3ccccc3)CC2)cc1. The van der Waals surface area contributed by atoms with Crippen molar-refractivity contribution in [1.29, 1.82) is 0 Å². The number of rotatable bonds is 6. The number of ether oxygens (including phenoxy) is 1. The molecular weight excluding hydrogens is 434 g/mol. The molecule has 3 aromatic rings. The van der Waals surface area contributed by atoms with Crippen molar-refractivity contribution in [2.24, 2.45) is 0 Å². The number of sulfonamides is 1. The number of anilines is 1. The Morgan fingerprint density at radius 1 is 0.848 bits per heavy atom. The van der Waals surface area contributed by atoms with E-state index in [1.165, 1.54) is 16.8 Å². The topological polar surface area (TPSA) is 61.9 Å². The number of piperazine rings is 1. The van der Waals surface area contributed by atoms with Crippen LogP contribution < -0.4 is 14.4 Å². The molecule has 0 radical (unpaired) electrons. The summed E-state index contributed by atoms with van der Waals surface area (Å²) in [6, 6.07) is 25.0. The van der Waals surface area contributed by atoms with Crippen LogP contribution in [0.1, 0.15) is 17.2 Å². The Balaban J connectivity index is 1.34. The Labute approximate surface area is 195 Å². The van der Waals surface area contributed by atoms with Crippen molar-refractivity contribution in [1.82, 2.24) is 9.62 Å². The van der Waals surface area contributed by atoms with E-state index >= 15 is 0 Å². The van der Waals surface area contributed by atoms with Crippen LogP contribution in [0.2, 0.25) is 0 Å². The van der Waals surface area contributed by atoms with E-state index in [1.54, 1.807) is 31.4 Å². The van der Waals surface area contributed by atoms with Gasteiger partial charge in [-0.2, -0.15) is 0 Å². The number of hydrogen-bond acceptors (Lipinski definition) is 5. The van der Waals surface area contributed by atoms with Gasteiger partial charge in [0.05, 0.1) is 18.0 Å². The maximum atomic E-state index is 13.1. The van der Waals surface area contributed by atoms with E-state index in [4.69, 9.17) is 4.74 Å². The monoisotopic (exact) mass is 463 g/mol. The van der Waals surface area contributed by atoms with Crippen LogP contribution in [0, 0.1) is 0 Å². The van der Waals surface area contributed by atoms with E-state index < -0.39 is 10.0 Å². The maximum Gasteiger partial charge on any atom is 0.240 e. The summed E-state index contributed by atoms with van der Waals surface area (Å²) in [5, 5.41) is 0. The van der Waals surface area contributed by atoms with E-state index in [9.17, 15) is 8.42 Å². The van der Waals surface area contributed by atoms with Crippen molar-refractivity contribution in [2.45, 2.75) is 23.4 Å². The molecule has 1 N–H and O–H groups in total. The molecule has 0 bridgehead atoms. The second-order valence-electron chi connectivity index (χ2n) is 8.61. The van der Waals surface area contributed by atoms with Gasteiger partial charge in [-0.25, -0.2) is 13.1 Å². The van der Waals surface area contributed by atoms with Crippen molar-refractivity contribution in [3.05, 3.63) is 90.0 Å². The maximum absolute atomic E-state index is 13.1. The number of benzene rings is 3. The lowest BCUT2D eigenvalue weighted by Crippen LogP contribution is -2.52. The van der Waals surface area contributed by atoms with Crippen LogP contribution in [0.25, 0.3) is 0 Å². The minimum Gasteiger partial charge on any atom is -0.497 e. The Bertz CT molecular complexity index is 1190. The number of nitrogens with zero attached hydrogens (tertiary/aromatic N) is 2. The molecule has 1 aliphatic carbocycles. The van der Waals surface area contributed by atoms with E-state index in [1.807, 2.05) is 30.3 Å². The minimum absolute atomic E-state index is 0.0257. The zero-order valence-corrected chi connectivity index (χ0v) is 19.5. The van der Waals surface area contributed by atoms with Gasteiger partial charge in [0.25, 0.3) is 0 Å². The summed E-state index contributed by atoms with van der Waals surface area (Å²) in [6.07, 6.45) is 0.700. The summed E-state index contributed by atoms with van der Waals surface area (Å²) in [4.78, 5) is 5.12. The fraction of sp³-hybridized carbons (Fsp3) is 0.308. The van der Waals surface area contributed by atoms with Gasteiger partial charge in [0.2, 0.25) is 10.0 Å². The van der Waals surface area contributed by atoms with Crippen LogP contribution in [-0.2, 0) is 16.4 Å². The lowest BCUT2D eigenvalue weighted by Gasteiger charge is -2.41. The van der Waals surface area contributed by atoms with Crippen molar-refractivity contribution in [3.8, 4) is 5.75 Å². The molecule has 0 aromatic heterocycles. The van der Waals surface area contributed by atoms with Crippen LogP contribution in [0.4, 0.5) is 5.69 Å². The highest BCUT2D eigenvalue weighted by Gasteiger charge is 2.39. The van der Waals surface area contributed by atoms with Gasteiger partial charge in [-0.15, -0.1) is 0 Å². The highest BCUT2D eigenvalue weighted by molar-refractivity contribution is 7.89. The third-order valence-electron chi connectivity index (χ3n) is 6.70. The quantitative estimate of drug-likeness (QED) is 0.607. The number of hydrogen-bond donors (Lipinski definition) is 1. The van der Waals surface area contributed by atoms with Crippen LogP contribution >= 0.6 is 0 Å². The molecule has 3 aromatic carbocycles. The van der Waals surface area contributed by atoms with E-state index in [-0.39, 0.29) is 12.1 Å². The molecular formula is C26H29N3O3S. The lowest BCUT2D eigenvalue weighted by molar-refractivity contribution is 0.166. The fourth-order valence-electron chi connectivity index (χ4n) is 5.05. The largest absolute Gasteiger partial charge is 0.497 e. The standard InChI is InChI=1S/C26H29N3O3S/c1-32-22-13-11-21(12-14-22)28-15-17-29(18-16-28)26-24-10-6-5-7-20(24)19-25(26)27-33(30,31)23-8-3-2-4-9-23/h2-14,25-27H,15-19H2,1H3/t25-,26-/m0/s1. The summed E-state index contributed by atoms with van der Waals surface area (Å²) in [6.45, 7) is 3.52. The molecule has 172 valence electrons. The third kappa shape index (κ3) is 4.49. The number of methoxy groups -OCH3 is 1. The molecule has 1 fully saturated rings. The molecule has 0 unspecified atom stereocenters. The molecule has 2 aliphatic rings. The van der Waals surface area contributed by atoms with Crippen LogP contribution in [0.3, 0.4) is 0 Å². The third-order valence-corrected chi connectivity index (χ3v) is 8.21. The first-order valence-electron chi connectivity index (χ1n) is 11.3. The van der Waals surface area contributed by atoms with E-state index in [0.29, 0.717) is 11.3 Å². The van der Waals surface area contributed by atoms with Gasteiger partial charge >= 0.3 is 0 Å². The van der Waals surface area contributed by atoms with E-state index in [2.05, 4.69) is 38.8 Å². The second kappa shape index (κ2) is 9.17. The molecule has 1 aliphatic heterocycles. The highest BCUT2D eigenvalue weighted by Crippen LogP contribution is 2.37. The Morgan fingerprint density at radius 3 is 2.21 bits per heavy atom. The summed E-state index contributed by atoms with van der Waals surface area (Å²) in [5.74, 6) is 0.855. The van der Waals surface area contributed by atoms with Gasteiger partial charge in [-0.1, -0.05) is 42.5 Å². The molecule has 7 heteroatoms. The lowest BCUT2D eigenvalue weighted by atomic mass is 10.0. The molecule has 5 rings (SSSR count). The molecule has 1 heterocycles. The predicted molar refractivity (Wildman–Crippen MR) is 130 cm³/mol. The molecule has 33 heavy (non-hydrogen) atoms. The summed E-state index contributed by atoms with van der Waals surface area (Å²) >= 11 is 0. The van der Waals surface area contributed by atoms with Crippen LogP contribution in [0.15, 0.2) is 83.8 Å². The van der Waals surface area contributed by atoms with Gasteiger partial charge in [-0.05, 0) is 53.9 Å². The van der Waals surface area contributed by atoms with Crippen LogP contribution in [0.5, 0.6) is 5.75 Å². The Hall–Kier alpha value is -2.87. The van der Waals surface area contributed by atoms with Gasteiger partial charge in [0.15, 0.2) is 0 Å². The first-order valence-corrected chi connectivity index (χ1v) is 12.8. The minimum atomic E-state index is -3.59.